The van der Waals surface area contributed by atoms with Crippen molar-refractivity contribution in [1.82, 2.24) is 4.31 Å². The maximum atomic E-state index is 12.2. The summed E-state index contributed by atoms with van der Waals surface area (Å²) in [5.74, 6) is 0.438. The average molecular weight is 257 g/mol. The number of carbonyl (C=O) groups excluding carboxylic acids is 1. The molecule has 1 amide bonds. The molecule has 0 radical (unpaired) electrons. The van der Waals surface area contributed by atoms with Crippen LogP contribution in [0.25, 0.3) is 0 Å². The molecule has 3 rings (SSSR count). The Labute approximate surface area is 102 Å². The number of amides is 1. The SMILES string of the molecule is CC(=O)N1[C@H]2C[C@@H]3CC[C@]2(CS1(=O)=O)C3(C)C. The van der Waals surface area contributed by atoms with Crippen LogP contribution in [0.2, 0.25) is 0 Å². The highest BCUT2D eigenvalue weighted by molar-refractivity contribution is 7.90. The van der Waals surface area contributed by atoms with E-state index >= 15 is 0 Å². The van der Waals surface area contributed by atoms with E-state index in [1.807, 2.05) is 0 Å². The van der Waals surface area contributed by atoms with Gasteiger partial charge in [-0.3, -0.25) is 4.79 Å². The normalized spacial score (nSPS) is 45.0. The molecule has 0 unspecified atom stereocenters. The maximum Gasteiger partial charge on any atom is 0.238 e. The second kappa shape index (κ2) is 2.87. The van der Waals surface area contributed by atoms with E-state index < -0.39 is 10.0 Å². The molecule has 4 nitrogen and oxygen atoms in total. The summed E-state index contributed by atoms with van der Waals surface area (Å²) in [7, 11) is -3.38. The molecule has 17 heavy (non-hydrogen) atoms. The first-order valence-electron chi connectivity index (χ1n) is 6.25. The van der Waals surface area contributed by atoms with Gasteiger partial charge in [0.15, 0.2) is 0 Å². The minimum absolute atomic E-state index is 0.0505. The van der Waals surface area contributed by atoms with Gasteiger partial charge in [-0.1, -0.05) is 13.8 Å². The van der Waals surface area contributed by atoms with Crippen molar-refractivity contribution in [2.24, 2.45) is 16.7 Å². The monoisotopic (exact) mass is 257 g/mol. The highest BCUT2D eigenvalue weighted by Gasteiger charge is 2.71. The van der Waals surface area contributed by atoms with Gasteiger partial charge in [-0.2, -0.15) is 0 Å². The van der Waals surface area contributed by atoms with Crippen molar-refractivity contribution in [3.63, 3.8) is 0 Å². The Balaban J connectivity index is 2.15. The summed E-state index contributed by atoms with van der Waals surface area (Å²) in [6, 6.07) is -0.0706. The van der Waals surface area contributed by atoms with Gasteiger partial charge in [-0.15, -0.1) is 0 Å². The molecule has 1 heterocycles. The van der Waals surface area contributed by atoms with E-state index in [1.165, 1.54) is 11.2 Å². The van der Waals surface area contributed by atoms with E-state index in [2.05, 4.69) is 13.8 Å². The molecule has 1 spiro atoms. The van der Waals surface area contributed by atoms with Crippen LogP contribution in [-0.4, -0.2) is 30.4 Å². The van der Waals surface area contributed by atoms with Crippen molar-refractivity contribution in [3.05, 3.63) is 0 Å². The molecule has 96 valence electrons. The van der Waals surface area contributed by atoms with Crippen molar-refractivity contribution >= 4 is 15.9 Å². The predicted octanol–water partition coefficient (Wildman–Crippen LogP) is 1.37. The van der Waals surface area contributed by atoms with Crippen LogP contribution >= 0.6 is 0 Å². The molecule has 0 aromatic heterocycles. The number of rotatable bonds is 0. The first-order valence-corrected chi connectivity index (χ1v) is 7.86. The Morgan fingerprint density at radius 1 is 1.35 bits per heavy atom. The molecular formula is C12H19NO3S. The number of sulfonamides is 1. The third-order valence-corrected chi connectivity index (χ3v) is 7.71. The van der Waals surface area contributed by atoms with Gasteiger partial charge in [0.2, 0.25) is 15.9 Å². The minimum atomic E-state index is -3.38. The minimum Gasteiger partial charge on any atom is -0.274 e. The van der Waals surface area contributed by atoms with Crippen LogP contribution in [0.1, 0.15) is 40.0 Å². The molecular weight excluding hydrogens is 238 g/mol. The predicted molar refractivity (Wildman–Crippen MR) is 63.6 cm³/mol. The molecule has 3 atom stereocenters. The summed E-state index contributed by atoms with van der Waals surface area (Å²) in [6.07, 6.45) is 2.94. The lowest BCUT2D eigenvalue weighted by atomic mass is 9.69. The molecule has 3 aliphatic rings. The Kier molecular flexibility index (Phi) is 1.94. The largest absolute Gasteiger partial charge is 0.274 e. The van der Waals surface area contributed by atoms with Crippen LogP contribution in [0.3, 0.4) is 0 Å². The summed E-state index contributed by atoms with van der Waals surface area (Å²) in [5.41, 5.74) is -0.128. The summed E-state index contributed by atoms with van der Waals surface area (Å²) >= 11 is 0. The van der Waals surface area contributed by atoms with Crippen LogP contribution in [-0.2, 0) is 14.8 Å². The summed E-state index contributed by atoms with van der Waals surface area (Å²) < 4.78 is 25.6. The lowest BCUT2D eigenvalue weighted by Crippen LogP contribution is -2.43. The molecule has 1 saturated heterocycles. The van der Waals surface area contributed by atoms with Gasteiger partial charge in [0, 0.05) is 12.3 Å². The van der Waals surface area contributed by atoms with Gasteiger partial charge in [0.25, 0.3) is 0 Å². The van der Waals surface area contributed by atoms with Crippen molar-refractivity contribution in [2.75, 3.05) is 5.75 Å². The number of hydrogen-bond acceptors (Lipinski definition) is 3. The van der Waals surface area contributed by atoms with Crippen LogP contribution < -0.4 is 0 Å². The van der Waals surface area contributed by atoms with E-state index in [4.69, 9.17) is 0 Å². The van der Waals surface area contributed by atoms with Crippen LogP contribution in [0.4, 0.5) is 0 Å². The fourth-order valence-corrected chi connectivity index (χ4v) is 7.27. The molecule has 2 saturated carbocycles. The van der Waals surface area contributed by atoms with Crippen LogP contribution in [0, 0.1) is 16.7 Å². The van der Waals surface area contributed by atoms with E-state index in [0.29, 0.717) is 5.92 Å². The van der Waals surface area contributed by atoms with Crippen molar-refractivity contribution in [3.8, 4) is 0 Å². The third kappa shape index (κ3) is 1.09. The third-order valence-electron chi connectivity index (χ3n) is 5.72. The van der Waals surface area contributed by atoms with Gasteiger partial charge < -0.3 is 0 Å². The van der Waals surface area contributed by atoms with Crippen molar-refractivity contribution in [2.45, 2.75) is 46.1 Å². The topological polar surface area (TPSA) is 54.5 Å². The van der Waals surface area contributed by atoms with Crippen LogP contribution in [0.15, 0.2) is 0 Å². The van der Waals surface area contributed by atoms with E-state index in [0.717, 1.165) is 19.3 Å². The first kappa shape index (κ1) is 11.5. The highest BCUT2D eigenvalue weighted by atomic mass is 32.2. The lowest BCUT2D eigenvalue weighted by Gasteiger charge is -2.36. The van der Waals surface area contributed by atoms with Gasteiger partial charge in [0.1, 0.15) is 0 Å². The summed E-state index contributed by atoms with van der Waals surface area (Å²) in [6.45, 7) is 5.74. The zero-order valence-electron chi connectivity index (χ0n) is 10.6. The fraction of sp³-hybridized carbons (Fsp3) is 0.917. The number of fused-ring (bicyclic) bond motifs is 1. The summed E-state index contributed by atoms with van der Waals surface area (Å²) in [5, 5.41) is 0. The highest BCUT2D eigenvalue weighted by Crippen LogP contribution is 2.69. The molecule has 0 N–H and O–H groups in total. The second-order valence-electron chi connectivity index (χ2n) is 6.44. The smallest absolute Gasteiger partial charge is 0.238 e. The Morgan fingerprint density at radius 3 is 2.53 bits per heavy atom. The maximum absolute atomic E-state index is 12.2. The number of carbonyl (C=O) groups is 1. The van der Waals surface area contributed by atoms with Gasteiger partial charge in [-0.05, 0) is 30.6 Å². The van der Waals surface area contributed by atoms with Gasteiger partial charge in [0.05, 0.1) is 11.8 Å². The van der Waals surface area contributed by atoms with E-state index in [-0.39, 0.29) is 28.5 Å². The molecule has 0 aromatic carbocycles. The number of hydrogen-bond donors (Lipinski definition) is 0. The average Bonchev–Trinajstić information content (AvgIpc) is 2.62. The molecule has 2 aliphatic carbocycles. The van der Waals surface area contributed by atoms with Crippen LogP contribution in [0.5, 0.6) is 0 Å². The molecule has 5 heteroatoms. The van der Waals surface area contributed by atoms with Crippen molar-refractivity contribution in [1.29, 1.82) is 0 Å². The molecule has 0 aromatic rings. The molecule has 3 fully saturated rings. The fourth-order valence-electron chi connectivity index (χ4n) is 4.70. The second-order valence-corrected chi connectivity index (χ2v) is 8.28. The standard InChI is InChI=1S/C12H19NO3S/c1-8(14)13-10-6-9-4-5-12(10,11(9,2)3)7-17(13,15)16/h9-10H,4-7H2,1-3H3/t9-,10-,12+/m0/s1. The van der Waals surface area contributed by atoms with Crippen molar-refractivity contribution < 1.29 is 13.2 Å². The molecule has 2 bridgehead atoms. The zero-order valence-corrected chi connectivity index (χ0v) is 11.4. The van der Waals surface area contributed by atoms with E-state index in [9.17, 15) is 13.2 Å². The first-order chi connectivity index (χ1) is 7.72. The number of nitrogens with zero attached hydrogens (tertiary/aromatic N) is 1. The van der Waals surface area contributed by atoms with E-state index in [1.54, 1.807) is 0 Å². The quantitative estimate of drug-likeness (QED) is 0.658. The Morgan fingerprint density at radius 2 is 2.00 bits per heavy atom. The lowest BCUT2D eigenvalue weighted by molar-refractivity contribution is -0.126. The Hall–Kier alpha value is -0.580. The zero-order chi connectivity index (χ0) is 12.6. The Bertz CT molecular complexity index is 496. The molecule has 1 aliphatic heterocycles. The van der Waals surface area contributed by atoms with Gasteiger partial charge in [-0.25, -0.2) is 12.7 Å². The summed E-state index contributed by atoms with van der Waals surface area (Å²) in [4.78, 5) is 11.6. The van der Waals surface area contributed by atoms with Gasteiger partial charge >= 0.3 is 0 Å².